The van der Waals surface area contributed by atoms with Gasteiger partial charge in [0.1, 0.15) is 5.15 Å². The van der Waals surface area contributed by atoms with Crippen LogP contribution < -0.4 is 15.2 Å². The van der Waals surface area contributed by atoms with Crippen molar-refractivity contribution < 1.29 is 22.6 Å². The monoisotopic (exact) mass is 304 g/mol. The van der Waals surface area contributed by atoms with E-state index >= 15 is 0 Å². The van der Waals surface area contributed by atoms with Crippen LogP contribution in [0.15, 0.2) is 36.4 Å². The molecule has 106 valence electrons. The van der Waals surface area contributed by atoms with Gasteiger partial charge in [0, 0.05) is 11.8 Å². The van der Waals surface area contributed by atoms with Gasteiger partial charge in [-0.15, -0.1) is 13.2 Å². The highest BCUT2D eigenvalue weighted by molar-refractivity contribution is 6.29. The molecule has 2 rings (SSSR count). The van der Waals surface area contributed by atoms with Crippen LogP contribution in [0.25, 0.3) is 0 Å². The van der Waals surface area contributed by atoms with Gasteiger partial charge in [0.15, 0.2) is 11.5 Å². The summed E-state index contributed by atoms with van der Waals surface area (Å²) in [7, 11) is 0. The Kier molecular flexibility index (Phi) is 3.89. The summed E-state index contributed by atoms with van der Waals surface area (Å²) in [5.74, 6) is -0.674. The van der Waals surface area contributed by atoms with Crippen LogP contribution in [0, 0.1) is 0 Å². The van der Waals surface area contributed by atoms with Gasteiger partial charge in [-0.25, -0.2) is 4.98 Å². The Hall–Kier alpha value is -2.15. The Morgan fingerprint density at radius 1 is 1.10 bits per heavy atom. The second kappa shape index (κ2) is 5.46. The number of aromatic nitrogens is 1. The number of halogens is 4. The molecule has 0 saturated carbocycles. The normalized spacial score (nSPS) is 11.2. The van der Waals surface area contributed by atoms with Crippen LogP contribution in [0.2, 0.25) is 5.15 Å². The Labute approximate surface area is 116 Å². The molecule has 1 heterocycles. The molecule has 0 fully saturated rings. The summed E-state index contributed by atoms with van der Waals surface area (Å²) in [6.45, 7) is 0. The second-order valence-corrected chi connectivity index (χ2v) is 4.05. The lowest BCUT2D eigenvalue weighted by Crippen LogP contribution is -2.17. The molecular weight excluding hydrogens is 297 g/mol. The molecule has 0 aliphatic carbocycles. The Morgan fingerprint density at radius 2 is 1.75 bits per heavy atom. The predicted molar refractivity (Wildman–Crippen MR) is 66.9 cm³/mol. The van der Waals surface area contributed by atoms with Gasteiger partial charge in [-0.3, -0.25) is 0 Å². The molecule has 0 bridgehead atoms. The molecular formula is C12H8ClF3N2O2. The molecule has 20 heavy (non-hydrogen) atoms. The highest BCUT2D eigenvalue weighted by Gasteiger charge is 2.32. The van der Waals surface area contributed by atoms with Gasteiger partial charge in [-0.1, -0.05) is 23.7 Å². The molecule has 4 nitrogen and oxygen atoms in total. The van der Waals surface area contributed by atoms with Gasteiger partial charge in [-0.05, 0) is 18.2 Å². The first-order valence-corrected chi connectivity index (χ1v) is 5.67. The number of para-hydroxylation sites is 2. The van der Waals surface area contributed by atoms with E-state index in [4.69, 9.17) is 22.1 Å². The number of alkyl halides is 3. The average Bonchev–Trinajstić information content (AvgIpc) is 2.28. The lowest BCUT2D eigenvalue weighted by molar-refractivity contribution is -0.275. The maximum atomic E-state index is 12.3. The fraction of sp³-hybridized carbons (Fsp3) is 0.0833. The molecule has 0 radical (unpaired) electrons. The minimum absolute atomic E-state index is 0.0341. The van der Waals surface area contributed by atoms with Crippen molar-refractivity contribution in [3.8, 4) is 17.4 Å². The maximum absolute atomic E-state index is 12.3. The summed E-state index contributed by atoms with van der Waals surface area (Å²) < 4.78 is 45.8. The zero-order chi connectivity index (χ0) is 14.8. The van der Waals surface area contributed by atoms with E-state index in [1.807, 2.05) is 0 Å². The molecule has 0 unspecified atom stereocenters. The highest BCUT2D eigenvalue weighted by atomic mass is 35.5. The number of pyridine rings is 1. The van der Waals surface area contributed by atoms with Crippen molar-refractivity contribution in [1.29, 1.82) is 0 Å². The lowest BCUT2D eigenvalue weighted by Gasteiger charge is -2.13. The van der Waals surface area contributed by atoms with Crippen molar-refractivity contribution in [2.75, 3.05) is 5.73 Å². The molecule has 0 atom stereocenters. The number of nitrogen functional groups attached to an aromatic ring is 1. The molecule has 1 aromatic heterocycles. The van der Waals surface area contributed by atoms with Crippen molar-refractivity contribution in [1.82, 2.24) is 4.98 Å². The number of ether oxygens (including phenoxy) is 2. The van der Waals surface area contributed by atoms with Crippen LogP contribution in [0.1, 0.15) is 0 Å². The summed E-state index contributed by atoms with van der Waals surface area (Å²) in [6, 6.07) is 8.01. The van der Waals surface area contributed by atoms with Crippen LogP contribution in [0.5, 0.6) is 17.4 Å². The van der Waals surface area contributed by atoms with E-state index in [2.05, 4.69) is 9.72 Å². The van der Waals surface area contributed by atoms with E-state index < -0.39 is 12.1 Å². The first-order chi connectivity index (χ1) is 9.33. The topological polar surface area (TPSA) is 57.4 Å². The molecule has 2 N–H and O–H groups in total. The van der Waals surface area contributed by atoms with E-state index in [0.717, 1.165) is 6.07 Å². The third-order valence-electron chi connectivity index (χ3n) is 2.08. The molecule has 1 aromatic carbocycles. The summed E-state index contributed by atoms with van der Waals surface area (Å²) in [6.07, 6.45) is -4.82. The molecule has 2 aromatic rings. The zero-order valence-electron chi connectivity index (χ0n) is 9.82. The SMILES string of the molecule is Nc1cc(Cl)nc(Oc2ccccc2OC(F)(F)F)c1. The van der Waals surface area contributed by atoms with E-state index in [1.54, 1.807) is 0 Å². The summed E-state index contributed by atoms with van der Waals surface area (Å²) in [5.41, 5.74) is 5.81. The molecule has 0 amide bonds. The van der Waals surface area contributed by atoms with Gasteiger partial charge in [0.2, 0.25) is 5.88 Å². The number of rotatable bonds is 3. The zero-order valence-corrected chi connectivity index (χ0v) is 10.6. The van der Waals surface area contributed by atoms with Gasteiger partial charge >= 0.3 is 6.36 Å². The molecule has 0 aliphatic rings. The second-order valence-electron chi connectivity index (χ2n) is 3.66. The van der Waals surface area contributed by atoms with E-state index in [9.17, 15) is 13.2 Å². The number of benzene rings is 1. The lowest BCUT2D eigenvalue weighted by atomic mass is 10.3. The molecule has 8 heteroatoms. The number of hydrogen-bond donors (Lipinski definition) is 1. The summed E-state index contributed by atoms with van der Waals surface area (Å²) >= 11 is 5.68. The Balaban J connectivity index is 2.29. The number of nitrogens with two attached hydrogens (primary N) is 1. The smallest absolute Gasteiger partial charge is 0.435 e. The van der Waals surface area contributed by atoms with Crippen LogP contribution in [0.4, 0.5) is 18.9 Å². The molecule has 0 spiro atoms. The summed E-state index contributed by atoms with van der Waals surface area (Å²) in [4.78, 5) is 3.79. The first kappa shape index (κ1) is 14.3. The van der Waals surface area contributed by atoms with Crippen LogP contribution >= 0.6 is 11.6 Å². The van der Waals surface area contributed by atoms with Gasteiger partial charge < -0.3 is 15.2 Å². The van der Waals surface area contributed by atoms with Gasteiger partial charge in [0.05, 0.1) is 0 Å². The van der Waals surface area contributed by atoms with E-state index in [-0.39, 0.29) is 22.5 Å². The third kappa shape index (κ3) is 3.92. The minimum atomic E-state index is -4.82. The molecule has 0 aliphatic heterocycles. The van der Waals surface area contributed by atoms with E-state index in [1.165, 1.54) is 30.3 Å². The van der Waals surface area contributed by atoms with Crippen molar-refractivity contribution in [2.45, 2.75) is 6.36 Å². The summed E-state index contributed by atoms with van der Waals surface area (Å²) in [5, 5.41) is 0.0641. The van der Waals surface area contributed by atoms with Crippen molar-refractivity contribution >= 4 is 17.3 Å². The minimum Gasteiger partial charge on any atom is -0.435 e. The van der Waals surface area contributed by atoms with Crippen LogP contribution in [-0.2, 0) is 0 Å². The van der Waals surface area contributed by atoms with Crippen LogP contribution in [-0.4, -0.2) is 11.3 Å². The predicted octanol–water partition coefficient (Wildman–Crippen LogP) is 4.01. The van der Waals surface area contributed by atoms with Crippen molar-refractivity contribution in [3.63, 3.8) is 0 Å². The first-order valence-electron chi connectivity index (χ1n) is 5.29. The average molecular weight is 305 g/mol. The van der Waals surface area contributed by atoms with Crippen LogP contribution in [0.3, 0.4) is 0 Å². The molecule has 0 saturated heterocycles. The highest BCUT2D eigenvalue weighted by Crippen LogP contribution is 2.35. The Morgan fingerprint density at radius 3 is 2.35 bits per heavy atom. The maximum Gasteiger partial charge on any atom is 0.573 e. The number of anilines is 1. The van der Waals surface area contributed by atoms with Gasteiger partial charge in [-0.2, -0.15) is 0 Å². The largest absolute Gasteiger partial charge is 0.573 e. The van der Waals surface area contributed by atoms with Crippen molar-refractivity contribution in [3.05, 3.63) is 41.6 Å². The third-order valence-corrected chi connectivity index (χ3v) is 2.28. The fourth-order valence-electron chi connectivity index (χ4n) is 1.40. The standard InChI is InChI=1S/C12H8ClF3N2O2/c13-10-5-7(17)6-11(18-10)19-8-3-1-2-4-9(8)20-12(14,15)16/h1-6H,(H2,17,18). The van der Waals surface area contributed by atoms with Crippen molar-refractivity contribution in [2.24, 2.45) is 0 Å². The quantitative estimate of drug-likeness (QED) is 0.871. The number of hydrogen-bond acceptors (Lipinski definition) is 4. The Bertz CT molecular complexity index is 600. The number of nitrogens with zero attached hydrogens (tertiary/aromatic N) is 1. The van der Waals surface area contributed by atoms with Gasteiger partial charge in [0.25, 0.3) is 0 Å². The fourth-order valence-corrected chi connectivity index (χ4v) is 1.61. The van der Waals surface area contributed by atoms with E-state index in [0.29, 0.717) is 0 Å².